The van der Waals surface area contributed by atoms with E-state index in [-0.39, 0.29) is 0 Å². The summed E-state index contributed by atoms with van der Waals surface area (Å²) in [4.78, 5) is 11.5. The fraction of sp³-hybridized carbons (Fsp3) is 0.412. The van der Waals surface area contributed by atoms with Gasteiger partial charge in [0, 0.05) is 25.2 Å². The van der Waals surface area contributed by atoms with Crippen molar-refractivity contribution in [2.45, 2.75) is 31.8 Å². The zero-order valence-electron chi connectivity index (χ0n) is 15.0. The number of hydrogen-bond acceptors (Lipinski definition) is 5. The topological polar surface area (TPSA) is 74.7 Å². The van der Waals surface area contributed by atoms with Crippen LogP contribution in [0, 0.1) is 6.92 Å². The molecule has 2 aromatic rings. The first-order valence-electron chi connectivity index (χ1n) is 7.99. The van der Waals surface area contributed by atoms with Gasteiger partial charge in [-0.2, -0.15) is 0 Å². The molecule has 0 aliphatic rings. The predicted octanol–water partition coefficient (Wildman–Crippen LogP) is 2.45. The van der Waals surface area contributed by atoms with Crippen molar-refractivity contribution in [2.24, 2.45) is 4.99 Å². The molecular weight excluding hydrogens is 356 g/mol. The summed E-state index contributed by atoms with van der Waals surface area (Å²) < 4.78 is 23.0. The molecule has 0 fully saturated rings. The minimum absolute atomic E-state index is 0.322. The van der Waals surface area contributed by atoms with E-state index < -0.39 is 9.84 Å². The summed E-state index contributed by atoms with van der Waals surface area (Å²) >= 11 is 1.64. The second kappa shape index (κ2) is 8.44. The van der Waals surface area contributed by atoms with Crippen LogP contribution >= 0.6 is 11.3 Å². The average Bonchev–Trinajstić information content (AvgIpc) is 2.95. The molecule has 1 N–H and O–H groups in total. The maximum absolute atomic E-state index is 11.5. The Morgan fingerprint density at radius 2 is 2.00 bits per heavy atom. The van der Waals surface area contributed by atoms with Crippen LogP contribution < -0.4 is 5.32 Å². The lowest BCUT2D eigenvalue weighted by molar-refractivity contribution is 0.471. The predicted molar refractivity (Wildman–Crippen MR) is 103 cm³/mol. The lowest BCUT2D eigenvalue weighted by Crippen LogP contribution is -2.38. The van der Waals surface area contributed by atoms with Gasteiger partial charge in [0.15, 0.2) is 15.8 Å². The van der Waals surface area contributed by atoms with Gasteiger partial charge in [0.2, 0.25) is 0 Å². The summed E-state index contributed by atoms with van der Waals surface area (Å²) in [5, 5.41) is 6.38. The number of hydrogen-bond donors (Lipinski definition) is 1. The van der Waals surface area contributed by atoms with Gasteiger partial charge in [0.05, 0.1) is 28.7 Å². The van der Waals surface area contributed by atoms with Crippen LogP contribution in [0.3, 0.4) is 0 Å². The van der Waals surface area contributed by atoms with E-state index in [0.717, 1.165) is 28.8 Å². The largest absolute Gasteiger partial charge is 0.357 e. The molecule has 136 valence electrons. The van der Waals surface area contributed by atoms with E-state index in [2.05, 4.69) is 20.7 Å². The van der Waals surface area contributed by atoms with Gasteiger partial charge in [-0.15, -0.1) is 11.3 Å². The molecule has 0 unspecified atom stereocenters. The number of sulfone groups is 1. The summed E-state index contributed by atoms with van der Waals surface area (Å²) in [5.74, 6) is 0.792. The number of aliphatic imine (C=N–C) groups is 1. The minimum atomic E-state index is -3.17. The zero-order chi connectivity index (χ0) is 18.4. The lowest BCUT2D eigenvalue weighted by atomic mass is 10.2. The molecule has 0 aliphatic heterocycles. The van der Waals surface area contributed by atoms with Gasteiger partial charge < -0.3 is 10.2 Å². The maximum atomic E-state index is 11.5. The molecular formula is C17H24N4O2S2. The standard InChI is InChI=1S/C17H24N4O2S2/c1-5-18-17(21(3)11-15-12-24-13(2)20-15)19-10-14-6-8-16(9-7-14)25(4,22)23/h6-9,12H,5,10-11H2,1-4H3,(H,18,19). The van der Waals surface area contributed by atoms with Crippen LogP contribution in [-0.4, -0.2) is 44.1 Å². The van der Waals surface area contributed by atoms with E-state index in [1.54, 1.807) is 35.6 Å². The van der Waals surface area contributed by atoms with E-state index >= 15 is 0 Å². The molecule has 0 bridgehead atoms. The number of aryl methyl sites for hydroxylation is 1. The van der Waals surface area contributed by atoms with Gasteiger partial charge in [-0.3, -0.25) is 0 Å². The minimum Gasteiger partial charge on any atom is -0.357 e. The van der Waals surface area contributed by atoms with Crippen LogP contribution in [0.4, 0.5) is 0 Å². The maximum Gasteiger partial charge on any atom is 0.194 e. The van der Waals surface area contributed by atoms with Crippen molar-refractivity contribution in [3.05, 3.63) is 45.9 Å². The van der Waals surface area contributed by atoms with E-state index in [9.17, 15) is 8.42 Å². The number of rotatable bonds is 6. The van der Waals surface area contributed by atoms with Crippen LogP contribution in [0.1, 0.15) is 23.2 Å². The number of guanidine groups is 1. The molecule has 6 nitrogen and oxygen atoms in total. The Morgan fingerprint density at radius 1 is 1.32 bits per heavy atom. The Labute approximate surface area is 153 Å². The third-order valence-electron chi connectivity index (χ3n) is 3.53. The summed E-state index contributed by atoms with van der Waals surface area (Å²) in [6.45, 7) is 5.95. The molecule has 0 amide bonds. The van der Waals surface area contributed by atoms with E-state index in [4.69, 9.17) is 0 Å². The number of thiazole rings is 1. The first kappa shape index (κ1) is 19.4. The highest BCUT2D eigenvalue weighted by Gasteiger charge is 2.09. The number of benzene rings is 1. The molecule has 0 saturated carbocycles. The molecule has 0 radical (unpaired) electrons. The monoisotopic (exact) mass is 380 g/mol. The second-order valence-corrected chi connectivity index (χ2v) is 8.88. The lowest BCUT2D eigenvalue weighted by Gasteiger charge is -2.21. The Bertz CT molecular complexity index is 827. The summed E-state index contributed by atoms with van der Waals surface area (Å²) in [6, 6.07) is 6.84. The summed E-state index contributed by atoms with van der Waals surface area (Å²) in [6.07, 6.45) is 1.21. The molecule has 1 aromatic carbocycles. The van der Waals surface area contributed by atoms with Gasteiger partial charge in [-0.05, 0) is 31.5 Å². The third kappa shape index (κ3) is 5.82. The SMILES string of the molecule is CCNC(=NCc1ccc(S(C)(=O)=O)cc1)N(C)Cc1csc(C)n1. The second-order valence-electron chi connectivity index (χ2n) is 5.80. The van der Waals surface area contributed by atoms with Crippen molar-refractivity contribution < 1.29 is 8.42 Å². The van der Waals surface area contributed by atoms with Crippen molar-refractivity contribution in [2.75, 3.05) is 19.8 Å². The molecule has 8 heteroatoms. The van der Waals surface area contributed by atoms with Gasteiger partial charge >= 0.3 is 0 Å². The molecule has 0 atom stereocenters. The molecule has 2 rings (SSSR count). The van der Waals surface area contributed by atoms with Crippen molar-refractivity contribution in [3.8, 4) is 0 Å². The van der Waals surface area contributed by atoms with Gasteiger partial charge in [0.25, 0.3) is 0 Å². The first-order chi connectivity index (χ1) is 11.8. The first-order valence-corrected chi connectivity index (χ1v) is 10.8. The van der Waals surface area contributed by atoms with Crippen LogP contribution in [0.15, 0.2) is 39.5 Å². The Kier molecular flexibility index (Phi) is 6.55. The molecule has 0 spiro atoms. The number of aromatic nitrogens is 1. The van der Waals surface area contributed by atoms with Gasteiger partial charge in [-0.1, -0.05) is 12.1 Å². The van der Waals surface area contributed by atoms with Crippen LogP contribution in [0.5, 0.6) is 0 Å². The summed E-state index contributed by atoms with van der Waals surface area (Å²) in [7, 11) is -1.19. The highest BCUT2D eigenvalue weighted by molar-refractivity contribution is 7.90. The van der Waals surface area contributed by atoms with Crippen LogP contribution in [0.25, 0.3) is 0 Å². The van der Waals surface area contributed by atoms with Gasteiger partial charge in [-0.25, -0.2) is 18.4 Å². The molecule has 1 aromatic heterocycles. The zero-order valence-corrected chi connectivity index (χ0v) is 16.6. The third-order valence-corrected chi connectivity index (χ3v) is 5.48. The highest BCUT2D eigenvalue weighted by Crippen LogP contribution is 2.12. The molecule has 1 heterocycles. The molecule has 0 aliphatic carbocycles. The van der Waals surface area contributed by atoms with Crippen molar-refractivity contribution in [3.63, 3.8) is 0 Å². The van der Waals surface area contributed by atoms with E-state index in [1.165, 1.54) is 6.26 Å². The number of nitrogens with one attached hydrogen (secondary N) is 1. The van der Waals surface area contributed by atoms with Gasteiger partial charge in [0.1, 0.15) is 0 Å². The fourth-order valence-corrected chi connectivity index (χ4v) is 3.51. The van der Waals surface area contributed by atoms with Crippen LogP contribution in [-0.2, 0) is 22.9 Å². The van der Waals surface area contributed by atoms with Crippen molar-refractivity contribution in [1.82, 2.24) is 15.2 Å². The van der Waals surface area contributed by atoms with E-state index in [0.29, 0.717) is 18.0 Å². The van der Waals surface area contributed by atoms with Crippen LogP contribution in [0.2, 0.25) is 0 Å². The average molecular weight is 381 g/mol. The normalized spacial score (nSPS) is 12.2. The smallest absolute Gasteiger partial charge is 0.194 e. The number of nitrogens with zero attached hydrogens (tertiary/aromatic N) is 3. The quantitative estimate of drug-likeness (QED) is 0.615. The molecule has 25 heavy (non-hydrogen) atoms. The highest BCUT2D eigenvalue weighted by atomic mass is 32.2. The Morgan fingerprint density at radius 3 is 2.52 bits per heavy atom. The Hall–Kier alpha value is -1.93. The summed E-state index contributed by atoms with van der Waals surface area (Å²) in [5.41, 5.74) is 1.98. The Balaban J connectivity index is 2.08. The van der Waals surface area contributed by atoms with E-state index in [1.807, 2.05) is 25.8 Å². The van der Waals surface area contributed by atoms with Crippen molar-refractivity contribution in [1.29, 1.82) is 0 Å². The fourth-order valence-electron chi connectivity index (χ4n) is 2.28. The molecule has 0 saturated heterocycles. The van der Waals surface area contributed by atoms with Crippen molar-refractivity contribution >= 4 is 27.1 Å².